The second kappa shape index (κ2) is 8.99. The second-order valence-electron chi connectivity index (χ2n) is 7.58. The van der Waals surface area contributed by atoms with Crippen molar-refractivity contribution >= 4 is 57.2 Å². The van der Waals surface area contributed by atoms with Crippen LogP contribution in [0.25, 0.3) is 5.52 Å². The van der Waals surface area contributed by atoms with Gasteiger partial charge in [-0.15, -0.1) is 32.3 Å². The highest BCUT2D eigenvalue weighted by Gasteiger charge is 2.53. The molecule has 35 heavy (non-hydrogen) atoms. The van der Waals surface area contributed by atoms with E-state index in [1.54, 1.807) is 21.6 Å². The molecular formula is C20H18N8O5S2. The van der Waals surface area contributed by atoms with Crippen molar-refractivity contribution in [2.45, 2.75) is 18.0 Å². The number of nitrogens with one attached hydrogen (secondary N) is 1. The summed E-state index contributed by atoms with van der Waals surface area (Å²) < 4.78 is 3.26. The molecule has 180 valence electrons. The Morgan fingerprint density at radius 1 is 1.43 bits per heavy atom. The van der Waals surface area contributed by atoms with Crippen molar-refractivity contribution in [3.05, 3.63) is 52.9 Å². The molecule has 1 fully saturated rings. The smallest absolute Gasteiger partial charge is 0.276 e. The molecular weight excluding hydrogens is 496 g/mol. The van der Waals surface area contributed by atoms with Crippen LogP contribution in [0.4, 0.5) is 5.13 Å². The van der Waals surface area contributed by atoms with Gasteiger partial charge in [-0.3, -0.25) is 14.5 Å². The normalized spacial score (nSPS) is 20.0. The number of thiazole rings is 1. The number of aromatic nitrogens is 4. The van der Waals surface area contributed by atoms with Gasteiger partial charge in [0.15, 0.2) is 22.6 Å². The molecule has 15 heteroatoms. The SMILES string of the molecule is CO/N=C(\C(=O)N[C@@H]1C(=O)N2C(C(=O)[O-])=C(Cn3cc4cccc[n+]4n3)CS[C@@H]12)c1csc(N)n1. The Hall–Kier alpha value is -3.98. The van der Waals surface area contributed by atoms with Crippen LogP contribution < -0.4 is 20.7 Å². The summed E-state index contributed by atoms with van der Waals surface area (Å²) in [6, 6.07) is 4.62. The maximum Gasteiger partial charge on any atom is 0.276 e. The van der Waals surface area contributed by atoms with E-state index in [0.29, 0.717) is 11.3 Å². The third kappa shape index (κ3) is 4.08. The molecule has 2 aliphatic heterocycles. The number of carboxylic acid groups (broad SMARTS) is 1. The van der Waals surface area contributed by atoms with Crippen LogP contribution in [0.5, 0.6) is 0 Å². The van der Waals surface area contributed by atoms with Crippen LogP contribution in [0.1, 0.15) is 5.69 Å². The lowest BCUT2D eigenvalue weighted by molar-refractivity contribution is -0.584. The summed E-state index contributed by atoms with van der Waals surface area (Å²) in [5.74, 6) is -2.41. The minimum absolute atomic E-state index is 0.146. The van der Waals surface area contributed by atoms with Gasteiger partial charge in [-0.2, -0.15) is 0 Å². The number of nitrogens with zero attached hydrogens (tertiary/aromatic N) is 6. The Balaban J connectivity index is 1.36. The number of thioether (sulfide) groups is 1. The van der Waals surface area contributed by atoms with Gasteiger partial charge >= 0.3 is 0 Å². The number of carbonyl (C=O) groups excluding carboxylic acids is 3. The largest absolute Gasteiger partial charge is 0.543 e. The zero-order chi connectivity index (χ0) is 24.7. The van der Waals surface area contributed by atoms with Crippen molar-refractivity contribution in [2.75, 3.05) is 18.6 Å². The Labute approximate surface area is 205 Å². The number of aliphatic carboxylic acids is 1. The molecule has 5 rings (SSSR count). The Bertz CT molecular complexity index is 1380. The van der Waals surface area contributed by atoms with Crippen LogP contribution in [-0.2, 0) is 25.8 Å². The van der Waals surface area contributed by atoms with Crippen molar-refractivity contribution in [3.8, 4) is 0 Å². The van der Waals surface area contributed by atoms with E-state index in [1.807, 2.05) is 18.2 Å². The fourth-order valence-electron chi connectivity index (χ4n) is 3.90. The number of fused-ring (bicyclic) bond motifs is 2. The average molecular weight is 515 g/mol. The van der Waals surface area contributed by atoms with Crippen LogP contribution in [0.3, 0.4) is 0 Å². The molecule has 0 unspecified atom stereocenters. The summed E-state index contributed by atoms with van der Waals surface area (Å²) >= 11 is 2.46. The first-order valence-electron chi connectivity index (χ1n) is 10.2. The van der Waals surface area contributed by atoms with Gasteiger partial charge in [0.05, 0.1) is 16.9 Å². The number of rotatable bonds is 7. The maximum atomic E-state index is 12.9. The number of nitrogens with two attached hydrogens (primary N) is 1. The van der Waals surface area contributed by atoms with E-state index in [1.165, 1.54) is 24.3 Å². The van der Waals surface area contributed by atoms with E-state index in [9.17, 15) is 19.5 Å². The molecule has 0 aromatic carbocycles. The molecule has 0 spiro atoms. The van der Waals surface area contributed by atoms with Gasteiger partial charge in [0.2, 0.25) is 0 Å². The van der Waals surface area contributed by atoms with Gasteiger partial charge in [0.25, 0.3) is 11.8 Å². The molecule has 0 bridgehead atoms. The molecule has 3 aromatic heterocycles. The highest BCUT2D eigenvalue weighted by atomic mass is 32.2. The predicted octanol–water partition coefficient (Wildman–Crippen LogP) is -1.88. The van der Waals surface area contributed by atoms with Crippen molar-refractivity contribution in [2.24, 2.45) is 5.16 Å². The number of nitrogen functional groups attached to an aromatic ring is 1. The molecule has 2 aliphatic rings. The van der Waals surface area contributed by atoms with E-state index in [-0.39, 0.29) is 28.8 Å². The summed E-state index contributed by atoms with van der Waals surface area (Å²) in [5.41, 5.74) is 6.81. The van der Waals surface area contributed by atoms with Crippen LogP contribution >= 0.6 is 23.1 Å². The molecule has 13 nitrogen and oxygen atoms in total. The third-order valence-electron chi connectivity index (χ3n) is 5.40. The number of β-lactam (4-membered cyclic amide) rings is 1. The van der Waals surface area contributed by atoms with Crippen molar-refractivity contribution in [1.82, 2.24) is 25.1 Å². The first-order chi connectivity index (χ1) is 16.9. The van der Waals surface area contributed by atoms with E-state index in [2.05, 4.69) is 20.7 Å². The summed E-state index contributed by atoms with van der Waals surface area (Å²) in [6.45, 7) is 0.168. The highest BCUT2D eigenvalue weighted by molar-refractivity contribution is 8.00. The second-order valence-corrected chi connectivity index (χ2v) is 9.57. The maximum absolute atomic E-state index is 12.9. The van der Waals surface area contributed by atoms with E-state index >= 15 is 0 Å². The van der Waals surface area contributed by atoms with Gasteiger partial charge in [-0.1, -0.05) is 11.2 Å². The van der Waals surface area contributed by atoms with Crippen LogP contribution in [-0.4, -0.2) is 67.6 Å². The number of amides is 2. The standard InChI is InChI=1S/C20H18N8O5S2/c1-33-24-13(12-9-35-20(21)22-12)16(29)23-14-17(30)28-15(19(31)32)10(8-34-18(14)28)6-26-7-11-4-2-3-5-27(11)25-26/h2-5,7,9,14,18H,6,8H2,1H3,(H3-,21,22,23,29,31,32)/b24-13-/t14-,18+/m1/s1. The molecule has 0 saturated carbocycles. The first kappa shape index (κ1) is 22.8. The molecule has 2 atom stereocenters. The lowest BCUT2D eigenvalue weighted by atomic mass is 10.0. The third-order valence-corrected chi connectivity index (χ3v) is 7.42. The fraction of sp³-hybridized carbons (Fsp3) is 0.250. The van der Waals surface area contributed by atoms with Gasteiger partial charge < -0.3 is 25.8 Å². The number of oxime groups is 1. The lowest BCUT2D eigenvalue weighted by Crippen LogP contribution is -2.71. The minimum atomic E-state index is -1.47. The molecule has 2 amide bonds. The number of hydrogen-bond acceptors (Lipinski definition) is 11. The monoisotopic (exact) mass is 514 g/mol. The highest BCUT2D eigenvalue weighted by Crippen LogP contribution is 2.40. The summed E-state index contributed by atoms with van der Waals surface area (Å²) in [4.78, 5) is 47.7. The van der Waals surface area contributed by atoms with Gasteiger partial charge in [-0.25, -0.2) is 4.98 Å². The molecule has 0 radical (unpaired) electrons. The first-order valence-corrected chi connectivity index (χ1v) is 12.2. The van der Waals surface area contributed by atoms with E-state index in [4.69, 9.17) is 10.6 Å². The zero-order valence-electron chi connectivity index (χ0n) is 18.2. The molecule has 3 N–H and O–H groups in total. The molecule has 3 aromatic rings. The lowest BCUT2D eigenvalue weighted by Gasteiger charge is -2.50. The molecule has 1 saturated heterocycles. The van der Waals surface area contributed by atoms with E-state index in [0.717, 1.165) is 21.8 Å². The van der Waals surface area contributed by atoms with Crippen molar-refractivity contribution < 1.29 is 28.8 Å². The number of carboxylic acids is 1. The summed E-state index contributed by atoms with van der Waals surface area (Å²) in [5, 5.41) is 23.9. The van der Waals surface area contributed by atoms with Gasteiger partial charge in [0.1, 0.15) is 37.0 Å². The van der Waals surface area contributed by atoms with Gasteiger partial charge in [0, 0.05) is 16.7 Å². The summed E-state index contributed by atoms with van der Waals surface area (Å²) in [7, 11) is 1.27. The number of anilines is 1. The predicted molar refractivity (Wildman–Crippen MR) is 123 cm³/mol. The number of carbonyl (C=O) groups is 3. The molecule has 0 aliphatic carbocycles. The van der Waals surface area contributed by atoms with Crippen LogP contribution in [0, 0.1) is 0 Å². The fourth-order valence-corrected chi connectivity index (χ4v) is 5.78. The van der Waals surface area contributed by atoms with Gasteiger partial charge in [-0.05, 0) is 12.1 Å². The number of pyridine rings is 1. The minimum Gasteiger partial charge on any atom is -0.543 e. The van der Waals surface area contributed by atoms with Crippen molar-refractivity contribution in [3.63, 3.8) is 0 Å². The Morgan fingerprint density at radius 2 is 2.26 bits per heavy atom. The van der Waals surface area contributed by atoms with Crippen molar-refractivity contribution in [1.29, 1.82) is 0 Å². The Morgan fingerprint density at radius 3 is 2.94 bits per heavy atom. The zero-order valence-corrected chi connectivity index (χ0v) is 19.8. The topological polar surface area (TPSA) is 172 Å². The van der Waals surface area contributed by atoms with Crippen LogP contribution in [0.2, 0.25) is 0 Å². The van der Waals surface area contributed by atoms with E-state index < -0.39 is 29.2 Å². The van der Waals surface area contributed by atoms with Crippen LogP contribution in [0.15, 0.2) is 52.4 Å². The average Bonchev–Trinajstić information content (AvgIpc) is 3.45. The quantitative estimate of drug-likeness (QED) is 0.158. The number of hydrogen-bond donors (Lipinski definition) is 2. The molecule has 5 heterocycles. The summed E-state index contributed by atoms with van der Waals surface area (Å²) in [6.07, 6.45) is 3.55. The Kier molecular flexibility index (Phi) is 5.86.